The lowest BCUT2D eigenvalue weighted by Crippen LogP contribution is -2.46. The van der Waals surface area contributed by atoms with E-state index in [9.17, 15) is 9.59 Å². The van der Waals surface area contributed by atoms with Crippen LogP contribution in [0.3, 0.4) is 0 Å². The molecular formula is C17H25NO5S4Si. The number of hydrogen-bond acceptors (Lipinski definition) is 9. The molecule has 0 unspecified atom stereocenters. The number of imide groups is 1. The van der Waals surface area contributed by atoms with Crippen molar-refractivity contribution in [2.45, 2.75) is 33.2 Å². The fourth-order valence-electron chi connectivity index (χ4n) is 2.68. The van der Waals surface area contributed by atoms with Crippen LogP contribution in [0.15, 0.2) is 24.3 Å². The summed E-state index contributed by atoms with van der Waals surface area (Å²) in [6, 6.07) is 7.70. The van der Waals surface area contributed by atoms with Crippen LogP contribution in [0, 0.1) is 0 Å². The van der Waals surface area contributed by atoms with Gasteiger partial charge in [-0.3, -0.25) is 9.59 Å². The zero-order valence-electron chi connectivity index (χ0n) is 16.2. The van der Waals surface area contributed by atoms with Gasteiger partial charge >= 0.3 is 8.80 Å². The molecule has 156 valence electrons. The second-order valence-corrected chi connectivity index (χ2v) is 14.2. The summed E-state index contributed by atoms with van der Waals surface area (Å²) < 4.78 is 18.8. The first kappa shape index (κ1) is 24.1. The van der Waals surface area contributed by atoms with E-state index >= 15 is 0 Å². The van der Waals surface area contributed by atoms with Crippen molar-refractivity contribution in [2.75, 3.05) is 25.6 Å². The third-order valence-electron chi connectivity index (χ3n) is 3.74. The Hall–Kier alpha value is -0.143. The minimum Gasteiger partial charge on any atom is -0.374 e. The fourth-order valence-corrected chi connectivity index (χ4v) is 11.1. The van der Waals surface area contributed by atoms with E-state index in [1.807, 2.05) is 20.8 Å². The number of amides is 2. The summed E-state index contributed by atoms with van der Waals surface area (Å²) in [5, 5.41) is 0. The summed E-state index contributed by atoms with van der Waals surface area (Å²) in [4.78, 5) is 24.6. The molecule has 0 atom stereocenters. The second-order valence-electron chi connectivity index (χ2n) is 5.57. The van der Waals surface area contributed by atoms with E-state index in [1.165, 1.54) is 25.1 Å². The highest BCUT2D eigenvalue weighted by Gasteiger charge is 2.39. The molecule has 28 heavy (non-hydrogen) atoms. The predicted octanol–water partition coefficient (Wildman–Crippen LogP) is 5.31. The Balaban J connectivity index is 1.68. The SMILES string of the molecule is CCO[Si](CCCSSSSN1C(=O)c2ccccc2C1=O)(OCC)OCC. The van der Waals surface area contributed by atoms with E-state index in [1.54, 1.807) is 44.9 Å². The maximum atomic E-state index is 12.3. The second kappa shape index (κ2) is 12.5. The Morgan fingerprint density at radius 3 is 1.93 bits per heavy atom. The highest BCUT2D eigenvalue weighted by atomic mass is 33.7. The molecule has 2 amide bonds. The van der Waals surface area contributed by atoms with Gasteiger partial charge in [-0.1, -0.05) is 22.9 Å². The van der Waals surface area contributed by atoms with Crippen molar-refractivity contribution in [3.8, 4) is 0 Å². The van der Waals surface area contributed by atoms with Gasteiger partial charge < -0.3 is 13.3 Å². The lowest BCUT2D eigenvalue weighted by atomic mass is 10.1. The first-order valence-corrected chi connectivity index (χ1v) is 16.0. The number of carbonyl (C=O) groups is 2. The van der Waals surface area contributed by atoms with Crippen LogP contribution in [0.25, 0.3) is 0 Å². The number of fused-ring (bicyclic) bond motifs is 1. The van der Waals surface area contributed by atoms with Gasteiger partial charge in [-0.15, -0.1) is 0 Å². The maximum absolute atomic E-state index is 12.3. The average Bonchev–Trinajstić information content (AvgIpc) is 2.93. The molecule has 0 saturated carbocycles. The summed E-state index contributed by atoms with van der Waals surface area (Å²) in [6.45, 7) is 7.62. The van der Waals surface area contributed by atoms with Gasteiger partial charge in [0.15, 0.2) is 0 Å². The topological polar surface area (TPSA) is 65.1 Å². The van der Waals surface area contributed by atoms with Gasteiger partial charge in [0.05, 0.1) is 11.1 Å². The van der Waals surface area contributed by atoms with Gasteiger partial charge in [0.1, 0.15) is 0 Å². The maximum Gasteiger partial charge on any atom is 0.500 e. The number of hydrogen-bond donors (Lipinski definition) is 0. The highest BCUT2D eigenvalue weighted by Crippen LogP contribution is 2.47. The summed E-state index contributed by atoms with van der Waals surface area (Å²) in [7, 11) is 3.26. The average molecular weight is 480 g/mol. The van der Waals surface area contributed by atoms with Gasteiger partial charge in [0.25, 0.3) is 11.8 Å². The minimum absolute atomic E-state index is 0.246. The first-order chi connectivity index (χ1) is 13.6. The van der Waals surface area contributed by atoms with Crippen LogP contribution in [0.4, 0.5) is 0 Å². The Bertz CT molecular complexity index is 614. The van der Waals surface area contributed by atoms with Gasteiger partial charge in [-0.25, -0.2) is 4.31 Å². The zero-order chi connectivity index (χ0) is 20.4. The van der Waals surface area contributed by atoms with Crippen LogP contribution in [-0.4, -0.2) is 50.5 Å². The summed E-state index contributed by atoms with van der Waals surface area (Å²) in [5.74, 6) is 0.414. The number of rotatable bonds is 14. The van der Waals surface area contributed by atoms with Gasteiger partial charge in [-0.05, 0) is 49.2 Å². The van der Waals surface area contributed by atoms with Gasteiger partial charge in [-0.2, -0.15) is 0 Å². The van der Waals surface area contributed by atoms with E-state index in [0.29, 0.717) is 30.9 Å². The molecule has 1 aliphatic rings. The van der Waals surface area contributed by atoms with E-state index in [-0.39, 0.29) is 11.8 Å². The molecule has 1 aromatic carbocycles. The monoisotopic (exact) mass is 479 g/mol. The smallest absolute Gasteiger partial charge is 0.374 e. The van der Waals surface area contributed by atoms with E-state index < -0.39 is 8.80 Å². The number of nitrogens with zero attached hydrogens (tertiary/aromatic N) is 1. The quantitative estimate of drug-likeness (QED) is 0.116. The Kier molecular flexibility index (Phi) is 10.8. The summed E-state index contributed by atoms with van der Waals surface area (Å²) in [6.07, 6.45) is 0.919. The molecule has 0 radical (unpaired) electrons. The zero-order valence-corrected chi connectivity index (χ0v) is 20.4. The van der Waals surface area contributed by atoms with Crippen LogP contribution >= 0.6 is 41.4 Å². The first-order valence-electron chi connectivity index (χ1n) is 9.11. The summed E-state index contributed by atoms with van der Waals surface area (Å²) in [5.41, 5.74) is 0.949. The fraction of sp³-hybridized carbons (Fsp3) is 0.529. The standard InChI is InChI=1S/C17H25NO5S4Si/c1-4-21-28(22-5-2,23-6-3)13-9-12-24-26-27-25-18-16(19)14-10-7-8-11-15(14)17(18)20/h7-8,10-11H,4-6,9,12-13H2,1-3H3. The Morgan fingerprint density at radius 1 is 0.893 bits per heavy atom. The Morgan fingerprint density at radius 2 is 1.43 bits per heavy atom. The molecule has 0 saturated heterocycles. The number of carbonyl (C=O) groups excluding carboxylic acids is 2. The van der Waals surface area contributed by atoms with Crippen molar-refractivity contribution in [1.29, 1.82) is 0 Å². The molecule has 0 fully saturated rings. The molecule has 0 spiro atoms. The molecule has 0 bridgehead atoms. The molecule has 0 aromatic heterocycles. The largest absolute Gasteiger partial charge is 0.500 e. The molecule has 0 N–H and O–H groups in total. The van der Waals surface area contributed by atoms with Gasteiger partial charge in [0, 0.05) is 52.4 Å². The van der Waals surface area contributed by atoms with Crippen molar-refractivity contribution in [3.05, 3.63) is 35.4 Å². The van der Waals surface area contributed by atoms with E-state index in [2.05, 4.69) is 0 Å². The minimum atomic E-state index is -2.57. The third kappa shape index (κ3) is 6.43. The van der Waals surface area contributed by atoms with Crippen molar-refractivity contribution in [3.63, 3.8) is 0 Å². The normalized spacial score (nSPS) is 14.0. The molecule has 2 rings (SSSR count). The molecular weight excluding hydrogens is 455 g/mol. The van der Waals surface area contributed by atoms with Crippen LogP contribution in [0.1, 0.15) is 47.9 Å². The lowest BCUT2D eigenvalue weighted by Gasteiger charge is -2.28. The Labute approximate surface area is 182 Å². The van der Waals surface area contributed by atoms with Crippen molar-refractivity contribution in [1.82, 2.24) is 4.31 Å². The molecule has 1 aliphatic heterocycles. The predicted molar refractivity (Wildman–Crippen MR) is 122 cm³/mol. The van der Waals surface area contributed by atoms with Crippen LogP contribution in [0.2, 0.25) is 6.04 Å². The number of benzene rings is 1. The third-order valence-corrected chi connectivity index (χ3v) is 13.0. The van der Waals surface area contributed by atoms with Crippen LogP contribution < -0.4 is 0 Å². The van der Waals surface area contributed by atoms with E-state index in [0.717, 1.165) is 18.2 Å². The van der Waals surface area contributed by atoms with Crippen LogP contribution in [0.5, 0.6) is 0 Å². The van der Waals surface area contributed by atoms with Crippen molar-refractivity contribution >= 4 is 62.0 Å². The molecule has 0 aliphatic carbocycles. The van der Waals surface area contributed by atoms with Crippen molar-refractivity contribution < 1.29 is 22.9 Å². The summed E-state index contributed by atoms with van der Waals surface area (Å²) >= 11 is 0. The van der Waals surface area contributed by atoms with Gasteiger partial charge in [0.2, 0.25) is 0 Å². The molecule has 6 nitrogen and oxygen atoms in total. The molecule has 1 aromatic rings. The molecule has 1 heterocycles. The highest BCUT2D eigenvalue weighted by molar-refractivity contribution is 9.25. The van der Waals surface area contributed by atoms with Crippen LogP contribution in [-0.2, 0) is 13.3 Å². The lowest BCUT2D eigenvalue weighted by molar-refractivity contribution is 0.0710. The molecule has 11 heteroatoms. The van der Waals surface area contributed by atoms with E-state index in [4.69, 9.17) is 13.3 Å². The van der Waals surface area contributed by atoms with Crippen molar-refractivity contribution in [2.24, 2.45) is 0 Å².